The predicted octanol–water partition coefficient (Wildman–Crippen LogP) is 1.91. The van der Waals surface area contributed by atoms with Gasteiger partial charge in [-0.3, -0.25) is 14.6 Å². The molecule has 0 unspecified atom stereocenters. The molecule has 0 N–H and O–H groups in total. The SMILES string of the molecule is O=Cc1ccc2nc(Cn3ccc4ccncc4c3=O)cn2c1. The molecule has 112 valence electrons. The maximum Gasteiger partial charge on any atom is 0.260 e. The van der Waals surface area contributed by atoms with Crippen LogP contribution in [0.25, 0.3) is 16.4 Å². The van der Waals surface area contributed by atoms with Gasteiger partial charge < -0.3 is 8.97 Å². The van der Waals surface area contributed by atoms with E-state index in [1.165, 1.54) is 0 Å². The van der Waals surface area contributed by atoms with E-state index in [1.807, 2.05) is 18.3 Å². The topological polar surface area (TPSA) is 69.3 Å². The highest BCUT2D eigenvalue weighted by atomic mass is 16.1. The molecule has 0 fully saturated rings. The number of hydrogen-bond donors (Lipinski definition) is 0. The second kappa shape index (κ2) is 5.17. The van der Waals surface area contributed by atoms with Crippen LogP contribution in [0.15, 0.2) is 60.0 Å². The summed E-state index contributed by atoms with van der Waals surface area (Å²) in [5.74, 6) is 0. The Bertz CT molecular complexity index is 1090. The second-order valence-corrected chi connectivity index (χ2v) is 5.29. The molecule has 0 aliphatic carbocycles. The first-order valence-electron chi connectivity index (χ1n) is 7.10. The summed E-state index contributed by atoms with van der Waals surface area (Å²) in [6, 6.07) is 7.19. The molecule has 4 heterocycles. The molecular formula is C17H12N4O2. The Balaban J connectivity index is 1.77. The second-order valence-electron chi connectivity index (χ2n) is 5.29. The number of carbonyl (C=O) groups is 1. The van der Waals surface area contributed by atoms with E-state index in [0.717, 1.165) is 23.0 Å². The lowest BCUT2D eigenvalue weighted by Gasteiger charge is -2.04. The minimum atomic E-state index is -0.0961. The zero-order valence-corrected chi connectivity index (χ0v) is 12.1. The van der Waals surface area contributed by atoms with Gasteiger partial charge in [-0.2, -0.15) is 0 Å². The van der Waals surface area contributed by atoms with Gasteiger partial charge in [0.15, 0.2) is 6.29 Å². The van der Waals surface area contributed by atoms with Crippen LogP contribution < -0.4 is 5.56 Å². The molecule has 23 heavy (non-hydrogen) atoms. The van der Waals surface area contributed by atoms with Crippen LogP contribution in [0.1, 0.15) is 16.1 Å². The van der Waals surface area contributed by atoms with Crippen molar-refractivity contribution < 1.29 is 4.79 Å². The van der Waals surface area contributed by atoms with Crippen molar-refractivity contribution in [1.82, 2.24) is 18.9 Å². The Labute approximate surface area is 130 Å². The zero-order valence-electron chi connectivity index (χ0n) is 12.1. The van der Waals surface area contributed by atoms with Gasteiger partial charge in [0.1, 0.15) is 5.65 Å². The van der Waals surface area contributed by atoms with Crippen LogP contribution in [0, 0.1) is 0 Å². The van der Waals surface area contributed by atoms with Gasteiger partial charge in [0.05, 0.1) is 17.6 Å². The minimum absolute atomic E-state index is 0.0961. The summed E-state index contributed by atoms with van der Waals surface area (Å²) in [5, 5.41) is 1.45. The van der Waals surface area contributed by atoms with Crippen molar-refractivity contribution in [2.24, 2.45) is 0 Å². The summed E-state index contributed by atoms with van der Waals surface area (Å²) in [7, 11) is 0. The molecule has 4 aromatic heterocycles. The minimum Gasteiger partial charge on any atom is -0.309 e. The molecular weight excluding hydrogens is 292 g/mol. The third-order valence-electron chi connectivity index (χ3n) is 3.77. The third-order valence-corrected chi connectivity index (χ3v) is 3.77. The number of hydrogen-bond acceptors (Lipinski definition) is 4. The highest BCUT2D eigenvalue weighted by Crippen LogP contribution is 2.10. The van der Waals surface area contributed by atoms with Crippen LogP contribution >= 0.6 is 0 Å². The Morgan fingerprint density at radius 1 is 1.13 bits per heavy atom. The highest BCUT2D eigenvalue weighted by molar-refractivity contribution is 5.80. The number of imidazole rings is 1. The zero-order chi connectivity index (χ0) is 15.8. The van der Waals surface area contributed by atoms with Gasteiger partial charge in [0, 0.05) is 36.5 Å². The molecule has 0 bridgehead atoms. The maximum atomic E-state index is 12.5. The summed E-state index contributed by atoms with van der Waals surface area (Å²) in [4.78, 5) is 31.8. The molecule has 6 heteroatoms. The van der Waals surface area contributed by atoms with Crippen LogP contribution in [0.5, 0.6) is 0 Å². The Morgan fingerprint density at radius 3 is 2.91 bits per heavy atom. The number of rotatable bonds is 3. The molecule has 4 aromatic rings. The van der Waals surface area contributed by atoms with Gasteiger partial charge in [-0.25, -0.2) is 4.98 Å². The molecule has 0 radical (unpaired) electrons. The average Bonchev–Trinajstić information content (AvgIpc) is 2.99. The fraction of sp³-hybridized carbons (Fsp3) is 0.0588. The quantitative estimate of drug-likeness (QED) is 0.542. The molecule has 0 amide bonds. The van der Waals surface area contributed by atoms with Crippen LogP contribution in [-0.4, -0.2) is 25.2 Å². The third kappa shape index (κ3) is 2.30. The van der Waals surface area contributed by atoms with E-state index < -0.39 is 0 Å². The van der Waals surface area contributed by atoms with E-state index in [-0.39, 0.29) is 5.56 Å². The first-order valence-corrected chi connectivity index (χ1v) is 7.10. The van der Waals surface area contributed by atoms with E-state index in [2.05, 4.69) is 9.97 Å². The van der Waals surface area contributed by atoms with E-state index in [9.17, 15) is 9.59 Å². The van der Waals surface area contributed by atoms with Crippen LogP contribution in [0.2, 0.25) is 0 Å². The van der Waals surface area contributed by atoms with E-state index in [4.69, 9.17) is 0 Å². The largest absolute Gasteiger partial charge is 0.309 e. The molecule has 0 spiro atoms. The van der Waals surface area contributed by atoms with Crippen molar-refractivity contribution >= 4 is 22.7 Å². The average molecular weight is 304 g/mol. The first-order chi connectivity index (χ1) is 11.2. The molecule has 0 atom stereocenters. The smallest absolute Gasteiger partial charge is 0.260 e. The van der Waals surface area contributed by atoms with Gasteiger partial charge in [-0.1, -0.05) is 0 Å². The van der Waals surface area contributed by atoms with Crippen molar-refractivity contribution in [3.63, 3.8) is 0 Å². The van der Waals surface area contributed by atoms with Gasteiger partial charge in [-0.05, 0) is 29.7 Å². The molecule has 4 rings (SSSR count). The number of nitrogens with zero attached hydrogens (tertiary/aromatic N) is 4. The molecule has 0 aromatic carbocycles. The standard InChI is InChI=1S/C17H12N4O2/c22-11-12-1-2-16-19-14(10-21(16)8-12)9-20-6-4-13-3-5-18-7-15(13)17(20)23/h1-8,10-11H,9H2. The number of fused-ring (bicyclic) bond motifs is 2. The van der Waals surface area contributed by atoms with Crippen molar-refractivity contribution in [2.45, 2.75) is 6.54 Å². The maximum absolute atomic E-state index is 12.5. The van der Waals surface area contributed by atoms with Crippen LogP contribution in [0.4, 0.5) is 0 Å². The molecule has 0 saturated heterocycles. The van der Waals surface area contributed by atoms with E-state index in [1.54, 1.807) is 45.9 Å². The van der Waals surface area contributed by atoms with Crippen molar-refractivity contribution in [3.05, 3.63) is 76.9 Å². The molecule has 6 nitrogen and oxygen atoms in total. The fourth-order valence-electron chi connectivity index (χ4n) is 2.63. The Kier molecular flexibility index (Phi) is 3.01. The Morgan fingerprint density at radius 2 is 2.04 bits per heavy atom. The van der Waals surface area contributed by atoms with Gasteiger partial charge in [0.25, 0.3) is 5.56 Å². The fourth-order valence-corrected chi connectivity index (χ4v) is 2.63. The van der Waals surface area contributed by atoms with Gasteiger partial charge in [-0.15, -0.1) is 0 Å². The normalized spacial score (nSPS) is 11.1. The lowest BCUT2D eigenvalue weighted by Crippen LogP contribution is -2.20. The van der Waals surface area contributed by atoms with Gasteiger partial charge in [0.2, 0.25) is 0 Å². The van der Waals surface area contributed by atoms with Gasteiger partial charge >= 0.3 is 0 Å². The Hall–Kier alpha value is -3.28. The van der Waals surface area contributed by atoms with Crippen molar-refractivity contribution in [3.8, 4) is 0 Å². The predicted molar refractivity (Wildman–Crippen MR) is 85.7 cm³/mol. The highest BCUT2D eigenvalue weighted by Gasteiger charge is 2.07. The van der Waals surface area contributed by atoms with E-state index in [0.29, 0.717) is 17.5 Å². The molecule has 0 aliphatic heterocycles. The summed E-state index contributed by atoms with van der Waals surface area (Å²) >= 11 is 0. The number of carbonyl (C=O) groups excluding carboxylic acids is 1. The lowest BCUT2D eigenvalue weighted by molar-refractivity contribution is 0.112. The summed E-state index contributed by atoms with van der Waals surface area (Å²) in [6.45, 7) is 0.363. The summed E-state index contributed by atoms with van der Waals surface area (Å²) in [6.07, 6.45) is 9.33. The van der Waals surface area contributed by atoms with Crippen LogP contribution in [0.3, 0.4) is 0 Å². The van der Waals surface area contributed by atoms with Crippen LogP contribution in [-0.2, 0) is 6.54 Å². The van der Waals surface area contributed by atoms with E-state index >= 15 is 0 Å². The number of pyridine rings is 3. The number of aldehydes is 1. The monoisotopic (exact) mass is 304 g/mol. The molecule has 0 saturated carbocycles. The molecule has 0 aliphatic rings. The summed E-state index contributed by atoms with van der Waals surface area (Å²) in [5.41, 5.74) is 1.97. The lowest BCUT2D eigenvalue weighted by atomic mass is 10.2. The first kappa shape index (κ1) is 13.4. The van der Waals surface area contributed by atoms with Crippen molar-refractivity contribution in [2.75, 3.05) is 0 Å². The number of aromatic nitrogens is 4. The summed E-state index contributed by atoms with van der Waals surface area (Å²) < 4.78 is 3.39. The van der Waals surface area contributed by atoms with Crippen molar-refractivity contribution in [1.29, 1.82) is 0 Å².